The number of hydrogen-bond donors (Lipinski definition) is 1. The Balaban J connectivity index is 1.90. The lowest BCUT2D eigenvalue weighted by molar-refractivity contribution is -0.137. The second-order valence-corrected chi connectivity index (χ2v) is 7.43. The van der Waals surface area contributed by atoms with Gasteiger partial charge in [0.2, 0.25) is 11.8 Å². The van der Waals surface area contributed by atoms with Crippen LogP contribution in [0.3, 0.4) is 0 Å². The molecule has 0 aliphatic rings. The molecule has 0 unspecified atom stereocenters. The lowest BCUT2D eigenvalue weighted by Gasteiger charge is -2.22. The van der Waals surface area contributed by atoms with Crippen LogP contribution in [0.2, 0.25) is 0 Å². The van der Waals surface area contributed by atoms with Gasteiger partial charge in [-0.2, -0.15) is 18.4 Å². The molecule has 0 amide bonds. The number of halogens is 3. The molecule has 0 spiro atoms. The van der Waals surface area contributed by atoms with E-state index in [1.807, 2.05) is 26.8 Å². The molecule has 3 aromatic rings. The van der Waals surface area contributed by atoms with Crippen molar-refractivity contribution in [3.05, 3.63) is 71.6 Å². The van der Waals surface area contributed by atoms with Gasteiger partial charge in [-0.25, -0.2) is 0 Å². The van der Waals surface area contributed by atoms with Gasteiger partial charge in [-0.15, -0.1) is 10.2 Å². The third-order valence-corrected chi connectivity index (χ3v) is 5.03. The van der Waals surface area contributed by atoms with Crippen LogP contribution in [0.15, 0.2) is 64.6 Å². The number of allylic oxidation sites excluding steroid dienone is 2. The van der Waals surface area contributed by atoms with Crippen LogP contribution in [0.1, 0.15) is 38.6 Å². The number of alkyl halides is 3. The number of nitrogens with one attached hydrogen (secondary N) is 1. The molecular formula is C23H21F3N4O. The molecule has 31 heavy (non-hydrogen) atoms. The second-order valence-electron chi connectivity index (χ2n) is 7.43. The summed E-state index contributed by atoms with van der Waals surface area (Å²) >= 11 is 0. The van der Waals surface area contributed by atoms with Gasteiger partial charge in [0, 0.05) is 5.69 Å². The van der Waals surface area contributed by atoms with Crippen molar-refractivity contribution < 1.29 is 17.6 Å². The summed E-state index contributed by atoms with van der Waals surface area (Å²) in [6, 6.07) is 14.1. The van der Waals surface area contributed by atoms with Crippen molar-refractivity contribution in [3.63, 3.8) is 0 Å². The summed E-state index contributed by atoms with van der Waals surface area (Å²) in [5.74, 6) is 0.640. The number of nitriles is 1. The average Bonchev–Trinajstić information content (AvgIpc) is 3.23. The van der Waals surface area contributed by atoms with Crippen LogP contribution in [0.5, 0.6) is 0 Å². The molecule has 5 nitrogen and oxygen atoms in total. The Morgan fingerprint density at radius 2 is 1.77 bits per heavy atom. The lowest BCUT2D eigenvalue weighted by Crippen LogP contribution is -2.20. The fraction of sp³-hybridized carbons (Fsp3) is 0.261. The molecule has 1 aromatic heterocycles. The molecule has 3 rings (SSSR count). The zero-order valence-electron chi connectivity index (χ0n) is 17.3. The number of rotatable bonds is 6. The Hall–Kier alpha value is -3.60. The first-order chi connectivity index (χ1) is 14.7. The van der Waals surface area contributed by atoms with Gasteiger partial charge in [0.1, 0.15) is 0 Å². The molecule has 1 heterocycles. The number of para-hydroxylation sites is 1. The minimum Gasteiger partial charge on any atom is -0.420 e. The minimum atomic E-state index is -4.39. The molecule has 8 heteroatoms. The van der Waals surface area contributed by atoms with Gasteiger partial charge in [0.05, 0.1) is 34.7 Å². The molecule has 2 aromatic carbocycles. The summed E-state index contributed by atoms with van der Waals surface area (Å²) in [5, 5.41) is 20.5. The van der Waals surface area contributed by atoms with Gasteiger partial charge in [-0.3, -0.25) is 0 Å². The summed E-state index contributed by atoms with van der Waals surface area (Å²) in [4.78, 5) is 0. The number of nitrogens with zero attached hydrogens (tertiary/aromatic N) is 3. The smallest absolute Gasteiger partial charge is 0.416 e. The predicted molar refractivity (Wildman–Crippen MR) is 111 cm³/mol. The largest absolute Gasteiger partial charge is 0.420 e. The summed E-state index contributed by atoms with van der Waals surface area (Å²) in [7, 11) is 0. The van der Waals surface area contributed by atoms with Gasteiger partial charge < -0.3 is 9.73 Å². The van der Waals surface area contributed by atoms with E-state index < -0.39 is 17.2 Å². The Labute approximate surface area is 178 Å². The number of benzene rings is 2. The van der Waals surface area contributed by atoms with Crippen molar-refractivity contribution in [3.8, 4) is 17.5 Å². The molecule has 0 saturated heterocycles. The average molecular weight is 426 g/mol. The van der Waals surface area contributed by atoms with Crippen molar-refractivity contribution in [2.45, 2.75) is 38.8 Å². The SMILES string of the molecule is C/C=C(/CC#N)C(C)(C)c1nnc(-c2ccccc2Nc2ccc(C(F)(F)F)cc2)o1. The number of aromatic nitrogens is 2. The van der Waals surface area contributed by atoms with E-state index in [1.54, 1.807) is 24.3 Å². The molecule has 0 saturated carbocycles. The van der Waals surface area contributed by atoms with Crippen LogP contribution in [-0.4, -0.2) is 10.2 Å². The third-order valence-electron chi connectivity index (χ3n) is 5.03. The Kier molecular flexibility index (Phi) is 6.16. The fourth-order valence-corrected chi connectivity index (χ4v) is 3.17. The van der Waals surface area contributed by atoms with Gasteiger partial charge in [-0.05, 0) is 62.7 Å². The van der Waals surface area contributed by atoms with Gasteiger partial charge >= 0.3 is 6.18 Å². The van der Waals surface area contributed by atoms with Crippen LogP contribution < -0.4 is 5.32 Å². The van der Waals surface area contributed by atoms with E-state index in [4.69, 9.17) is 9.68 Å². The zero-order chi connectivity index (χ0) is 22.6. The molecule has 0 aliphatic heterocycles. The summed E-state index contributed by atoms with van der Waals surface area (Å²) < 4.78 is 44.3. The normalized spacial score (nSPS) is 12.5. The zero-order valence-corrected chi connectivity index (χ0v) is 17.3. The van der Waals surface area contributed by atoms with Crippen LogP contribution >= 0.6 is 0 Å². The van der Waals surface area contributed by atoms with E-state index in [-0.39, 0.29) is 12.3 Å². The van der Waals surface area contributed by atoms with E-state index in [0.717, 1.165) is 17.7 Å². The molecule has 1 N–H and O–H groups in total. The third kappa shape index (κ3) is 4.77. The number of anilines is 2. The number of hydrogen-bond acceptors (Lipinski definition) is 5. The summed E-state index contributed by atoms with van der Waals surface area (Å²) in [6.45, 7) is 5.67. The topological polar surface area (TPSA) is 74.7 Å². The molecule has 0 aliphatic carbocycles. The summed E-state index contributed by atoms with van der Waals surface area (Å²) in [5.41, 5.74) is 1.24. The van der Waals surface area contributed by atoms with Gasteiger partial charge in [-0.1, -0.05) is 18.2 Å². The highest BCUT2D eigenvalue weighted by molar-refractivity contribution is 5.76. The maximum absolute atomic E-state index is 12.8. The van der Waals surface area contributed by atoms with Crippen LogP contribution in [0.25, 0.3) is 11.5 Å². The van der Waals surface area contributed by atoms with Crippen molar-refractivity contribution in [2.75, 3.05) is 5.32 Å². The predicted octanol–water partition coefficient (Wildman–Crippen LogP) is 6.64. The quantitative estimate of drug-likeness (QED) is 0.447. The first kappa shape index (κ1) is 22.1. The summed E-state index contributed by atoms with van der Waals surface area (Å²) in [6.07, 6.45) is -2.28. The lowest BCUT2D eigenvalue weighted by atomic mass is 9.82. The highest BCUT2D eigenvalue weighted by Crippen LogP contribution is 2.36. The van der Waals surface area contributed by atoms with E-state index >= 15 is 0 Å². The van der Waals surface area contributed by atoms with E-state index in [1.165, 1.54) is 12.1 Å². The maximum Gasteiger partial charge on any atom is 0.416 e. The highest BCUT2D eigenvalue weighted by atomic mass is 19.4. The van der Waals surface area contributed by atoms with E-state index in [0.29, 0.717) is 22.8 Å². The molecule has 160 valence electrons. The van der Waals surface area contributed by atoms with Crippen molar-refractivity contribution in [2.24, 2.45) is 0 Å². The fourth-order valence-electron chi connectivity index (χ4n) is 3.17. The first-order valence-corrected chi connectivity index (χ1v) is 9.57. The molecule has 0 atom stereocenters. The second kappa shape index (κ2) is 8.64. The first-order valence-electron chi connectivity index (χ1n) is 9.57. The molecule has 0 radical (unpaired) electrons. The molecular weight excluding hydrogens is 405 g/mol. The van der Waals surface area contributed by atoms with Crippen LogP contribution in [0.4, 0.5) is 24.5 Å². The van der Waals surface area contributed by atoms with Crippen LogP contribution in [-0.2, 0) is 11.6 Å². The Bertz CT molecular complexity index is 1120. The monoisotopic (exact) mass is 426 g/mol. The maximum atomic E-state index is 12.8. The van der Waals surface area contributed by atoms with Gasteiger partial charge in [0.15, 0.2) is 0 Å². The van der Waals surface area contributed by atoms with Crippen LogP contribution in [0, 0.1) is 11.3 Å². The Morgan fingerprint density at radius 3 is 2.39 bits per heavy atom. The van der Waals surface area contributed by atoms with Crippen molar-refractivity contribution in [1.29, 1.82) is 5.26 Å². The minimum absolute atomic E-state index is 0.243. The van der Waals surface area contributed by atoms with E-state index in [2.05, 4.69) is 21.6 Å². The highest BCUT2D eigenvalue weighted by Gasteiger charge is 2.32. The van der Waals surface area contributed by atoms with E-state index in [9.17, 15) is 13.2 Å². The molecule has 0 bridgehead atoms. The molecule has 0 fully saturated rings. The van der Waals surface area contributed by atoms with Crippen molar-refractivity contribution >= 4 is 11.4 Å². The standard InChI is InChI=1S/C23H21F3N4O/c1-4-15(13-14-27)22(2,3)21-30-29-20(31-21)18-7-5-6-8-19(18)28-17-11-9-16(10-12-17)23(24,25)26/h4-12,28H,13H2,1-3H3/b15-4-. The van der Waals surface area contributed by atoms with Crippen molar-refractivity contribution in [1.82, 2.24) is 10.2 Å². The van der Waals surface area contributed by atoms with Gasteiger partial charge in [0.25, 0.3) is 0 Å². The Morgan fingerprint density at radius 1 is 1.10 bits per heavy atom.